The number of methoxy groups -OCH3 is 3. The maximum atomic E-state index is 5.51. The van der Waals surface area contributed by atoms with E-state index in [9.17, 15) is 0 Å². The smallest absolute Gasteiger partial charge is 0.203 e. The van der Waals surface area contributed by atoms with Gasteiger partial charge >= 0.3 is 0 Å². The van der Waals surface area contributed by atoms with Crippen molar-refractivity contribution in [3.63, 3.8) is 0 Å². The Labute approximate surface area is 173 Å². The highest BCUT2D eigenvalue weighted by molar-refractivity contribution is 5.89. The van der Waals surface area contributed by atoms with Crippen LogP contribution in [0.5, 0.6) is 17.2 Å². The van der Waals surface area contributed by atoms with Gasteiger partial charge in [0.2, 0.25) is 5.75 Å². The highest BCUT2D eigenvalue weighted by Gasteiger charge is 2.16. The second-order valence-corrected chi connectivity index (χ2v) is 6.99. The lowest BCUT2D eigenvalue weighted by molar-refractivity contribution is 0.324. The molecule has 0 atom stereocenters. The highest BCUT2D eigenvalue weighted by Crippen LogP contribution is 2.40. The Morgan fingerprint density at radius 1 is 0.767 bits per heavy atom. The van der Waals surface area contributed by atoms with Crippen molar-refractivity contribution in [1.82, 2.24) is 14.8 Å². The molecule has 150 valence electrons. The number of fused-ring (bicyclic) bond motifs is 2. The van der Waals surface area contributed by atoms with Crippen LogP contribution in [0, 0.1) is 0 Å². The van der Waals surface area contributed by atoms with Crippen molar-refractivity contribution in [2.75, 3.05) is 21.3 Å². The van der Waals surface area contributed by atoms with E-state index in [-0.39, 0.29) is 0 Å². The van der Waals surface area contributed by atoms with Gasteiger partial charge in [-0.1, -0.05) is 18.2 Å². The predicted octanol–water partition coefficient (Wildman–Crippen LogP) is 5.20. The molecule has 2 aromatic heterocycles. The van der Waals surface area contributed by atoms with E-state index in [0.29, 0.717) is 17.2 Å². The average Bonchev–Trinajstić information content (AvgIpc) is 3.43. The van der Waals surface area contributed by atoms with Gasteiger partial charge in [-0.2, -0.15) is 5.10 Å². The monoisotopic (exact) mass is 399 g/mol. The van der Waals surface area contributed by atoms with E-state index >= 15 is 0 Å². The normalized spacial score (nSPS) is 11.2. The number of benzene rings is 3. The van der Waals surface area contributed by atoms with Crippen LogP contribution in [0.25, 0.3) is 38.6 Å². The van der Waals surface area contributed by atoms with E-state index in [1.807, 2.05) is 29.2 Å². The van der Waals surface area contributed by atoms with Crippen LogP contribution < -0.4 is 14.2 Å². The van der Waals surface area contributed by atoms with E-state index in [4.69, 9.17) is 14.2 Å². The summed E-state index contributed by atoms with van der Waals surface area (Å²) in [6.07, 6.45) is 3.81. The van der Waals surface area contributed by atoms with Crippen LogP contribution in [0.4, 0.5) is 0 Å². The van der Waals surface area contributed by atoms with Gasteiger partial charge in [-0.3, -0.25) is 0 Å². The zero-order valence-corrected chi connectivity index (χ0v) is 17.0. The van der Waals surface area contributed by atoms with Crippen LogP contribution in [-0.2, 0) is 0 Å². The zero-order chi connectivity index (χ0) is 20.7. The molecule has 3 aromatic carbocycles. The summed E-state index contributed by atoms with van der Waals surface area (Å²) in [7, 11) is 4.81. The molecule has 0 aliphatic carbocycles. The Kier molecular flexibility index (Phi) is 4.32. The van der Waals surface area contributed by atoms with E-state index in [2.05, 4.69) is 52.5 Å². The fourth-order valence-electron chi connectivity index (χ4n) is 3.83. The van der Waals surface area contributed by atoms with Crippen LogP contribution in [0.15, 0.2) is 67.0 Å². The molecule has 30 heavy (non-hydrogen) atoms. The standard InChI is InChI=1S/C24H21N3O3/c1-28-22-12-19(13-23(29-2)24(22)30-3)27-21-11-16(4-5-18(21)14-26-27)15-6-7-20-17(10-15)8-9-25-20/h4-14,25H,1-3H3. The van der Waals surface area contributed by atoms with Crippen molar-refractivity contribution in [2.45, 2.75) is 0 Å². The van der Waals surface area contributed by atoms with Crippen LogP contribution in [0.3, 0.4) is 0 Å². The number of ether oxygens (including phenoxy) is 3. The van der Waals surface area contributed by atoms with Gasteiger partial charge in [0.1, 0.15) is 0 Å². The molecule has 0 amide bonds. The van der Waals surface area contributed by atoms with Crippen LogP contribution in [-0.4, -0.2) is 36.1 Å². The minimum atomic E-state index is 0.556. The molecular formula is C24H21N3O3. The molecule has 0 spiro atoms. The first-order valence-electron chi connectivity index (χ1n) is 9.57. The van der Waals surface area contributed by atoms with E-state index in [1.165, 1.54) is 5.39 Å². The minimum Gasteiger partial charge on any atom is -0.493 e. The molecule has 0 radical (unpaired) electrons. The predicted molar refractivity (Wildman–Crippen MR) is 118 cm³/mol. The number of aromatic amines is 1. The van der Waals surface area contributed by atoms with Gasteiger partial charge in [0.25, 0.3) is 0 Å². The number of hydrogen-bond acceptors (Lipinski definition) is 4. The second kappa shape index (κ2) is 7.15. The summed E-state index contributed by atoms with van der Waals surface area (Å²) in [4.78, 5) is 3.24. The number of rotatable bonds is 5. The van der Waals surface area contributed by atoms with Gasteiger partial charge in [0.05, 0.1) is 38.7 Å². The number of aromatic nitrogens is 3. The molecule has 0 fully saturated rings. The fraction of sp³-hybridized carbons (Fsp3) is 0.125. The summed E-state index contributed by atoms with van der Waals surface area (Å²) in [6, 6.07) is 18.7. The number of hydrogen-bond donors (Lipinski definition) is 1. The SMILES string of the molecule is COc1cc(-n2ncc3ccc(-c4ccc5[nH]ccc5c4)cc32)cc(OC)c1OC. The molecular weight excluding hydrogens is 378 g/mol. The molecule has 5 rings (SSSR count). The van der Waals surface area contributed by atoms with Crippen molar-refractivity contribution in [3.8, 4) is 34.1 Å². The first-order valence-corrected chi connectivity index (χ1v) is 9.57. The average molecular weight is 399 g/mol. The Morgan fingerprint density at radius 3 is 2.23 bits per heavy atom. The molecule has 6 nitrogen and oxygen atoms in total. The van der Waals surface area contributed by atoms with Crippen molar-refractivity contribution < 1.29 is 14.2 Å². The minimum absolute atomic E-state index is 0.556. The van der Waals surface area contributed by atoms with Crippen molar-refractivity contribution >= 4 is 21.8 Å². The number of nitrogens with one attached hydrogen (secondary N) is 1. The molecule has 0 unspecified atom stereocenters. The summed E-state index contributed by atoms with van der Waals surface area (Å²) < 4.78 is 18.3. The van der Waals surface area contributed by atoms with Crippen molar-refractivity contribution in [3.05, 3.63) is 67.0 Å². The molecule has 0 saturated heterocycles. The Hall–Kier alpha value is -3.93. The zero-order valence-electron chi connectivity index (χ0n) is 17.0. The molecule has 0 aliphatic heterocycles. The largest absolute Gasteiger partial charge is 0.493 e. The third-order valence-electron chi connectivity index (χ3n) is 5.35. The Balaban J connectivity index is 1.66. The first-order chi connectivity index (χ1) is 14.7. The van der Waals surface area contributed by atoms with Crippen molar-refractivity contribution in [1.29, 1.82) is 0 Å². The summed E-state index contributed by atoms with van der Waals surface area (Å²) in [5, 5.41) is 6.85. The van der Waals surface area contributed by atoms with Crippen LogP contribution >= 0.6 is 0 Å². The number of H-pyrrole nitrogens is 1. The topological polar surface area (TPSA) is 61.3 Å². The highest BCUT2D eigenvalue weighted by atomic mass is 16.5. The van der Waals surface area contributed by atoms with Gasteiger partial charge in [-0.15, -0.1) is 0 Å². The lowest BCUT2D eigenvalue weighted by atomic mass is 10.0. The lowest BCUT2D eigenvalue weighted by Crippen LogP contribution is -2.01. The third-order valence-corrected chi connectivity index (χ3v) is 5.35. The third kappa shape index (κ3) is 2.85. The summed E-state index contributed by atoms with van der Waals surface area (Å²) in [5.41, 5.74) is 5.23. The van der Waals surface area contributed by atoms with E-state index in [1.54, 1.807) is 21.3 Å². The van der Waals surface area contributed by atoms with Gasteiger partial charge in [0, 0.05) is 29.2 Å². The Bertz CT molecular complexity index is 1340. The molecule has 6 heteroatoms. The molecule has 1 N–H and O–H groups in total. The molecule has 5 aromatic rings. The lowest BCUT2D eigenvalue weighted by Gasteiger charge is -2.14. The molecule has 2 heterocycles. The van der Waals surface area contributed by atoms with Gasteiger partial charge in [0.15, 0.2) is 11.5 Å². The summed E-state index contributed by atoms with van der Waals surface area (Å²) >= 11 is 0. The van der Waals surface area contributed by atoms with Gasteiger partial charge in [-0.05, 0) is 40.8 Å². The van der Waals surface area contributed by atoms with Crippen molar-refractivity contribution in [2.24, 2.45) is 0 Å². The second-order valence-electron chi connectivity index (χ2n) is 6.99. The van der Waals surface area contributed by atoms with E-state index in [0.717, 1.165) is 33.2 Å². The summed E-state index contributed by atoms with van der Waals surface area (Å²) in [5.74, 6) is 1.73. The van der Waals surface area contributed by atoms with Crippen LogP contribution in [0.2, 0.25) is 0 Å². The molecule has 0 bridgehead atoms. The molecule has 0 aliphatic rings. The number of nitrogens with zero attached hydrogens (tertiary/aromatic N) is 2. The summed E-state index contributed by atoms with van der Waals surface area (Å²) in [6.45, 7) is 0. The first kappa shape index (κ1) is 18.1. The fourth-order valence-corrected chi connectivity index (χ4v) is 3.83. The maximum Gasteiger partial charge on any atom is 0.203 e. The quantitative estimate of drug-likeness (QED) is 0.441. The van der Waals surface area contributed by atoms with Gasteiger partial charge in [-0.25, -0.2) is 4.68 Å². The van der Waals surface area contributed by atoms with E-state index < -0.39 is 0 Å². The Morgan fingerprint density at radius 2 is 1.50 bits per heavy atom. The molecule has 0 saturated carbocycles. The van der Waals surface area contributed by atoms with Gasteiger partial charge < -0.3 is 19.2 Å². The maximum absolute atomic E-state index is 5.51. The van der Waals surface area contributed by atoms with Crippen LogP contribution in [0.1, 0.15) is 0 Å².